The first-order chi connectivity index (χ1) is 5.46. The maximum Gasteiger partial charge on any atom is 0.335 e. The van der Waals surface area contributed by atoms with Crippen LogP contribution in [0.2, 0.25) is 0 Å². The van der Waals surface area contributed by atoms with E-state index in [1.165, 1.54) is 6.92 Å². The van der Waals surface area contributed by atoms with Gasteiger partial charge >= 0.3 is 5.97 Å². The summed E-state index contributed by atoms with van der Waals surface area (Å²) >= 11 is 0. The molecule has 2 unspecified atom stereocenters. The van der Waals surface area contributed by atoms with Crippen LogP contribution in [0.5, 0.6) is 0 Å². The van der Waals surface area contributed by atoms with Gasteiger partial charge in [-0.3, -0.25) is 0 Å². The highest BCUT2D eigenvalue weighted by Crippen LogP contribution is 2.17. The minimum absolute atomic E-state index is 0.000602. The van der Waals surface area contributed by atoms with Gasteiger partial charge in [0.15, 0.2) is 5.60 Å². The molecule has 0 amide bonds. The minimum Gasteiger partial charge on any atom is -0.479 e. The highest BCUT2D eigenvalue weighted by atomic mass is 16.4. The summed E-state index contributed by atoms with van der Waals surface area (Å²) in [6, 6.07) is 0. The molecule has 0 aromatic rings. The lowest BCUT2D eigenvalue weighted by molar-refractivity contribution is -0.162. The van der Waals surface area contributed by atoms with Crippen LogP contribution in [0.15, 0.2) is 0 Å². The molecule has 0 rings (SSSR count). The van der Waals surface area contributed by atoms with Gasteiger partial charge in [-0.2, -0.15) is 0 Å². The molecule has 0 aliphatic rings. The van der Waals surface area contributed by atoms with Crippen LogP contribution in [0.4, 0.5) is 0 Å². The molecular weight excluding hydrogens is 164 g/mol. The van der Waals surface area contributed by atoms with Gasteiger partial charge in [-0.15, -0.1) is 0 Å². The average Bonchev–Trinajstić information content (AvgIpc) is 2.03. The fraction of sp³-hybridized carbons (Fsp3) is 0.857. The number of carbonyl (C=O) groups is 1. The zero-order chi connectivity index (χ0) is 9.78. The third-order valence-electron chi connectivity index (χ3n) is 1.77. The van der Waals surface area contributed by atoms with Crippen molar-refractivity contribution in [3.63, 3.8) is 0 Å². The highest BCUT2D eigenvalue weighted by Gasteiger charge is 2.35. The van der Waals surface area contributed by atoms with Gasteiger partial charge in [-0.1, -0.05) is 6.92 Å². The Kier molecular flexibility index (Phi) is 4.16. The highest BCUT2D eigenvalue weighted by molar-refractivity contribution is 5.76. The number of aliphatic carboxylic acids is 1. The monoisotopic (exact) mass is 178 g/mol. The second-order valence-electron chi connectivity index (χ2n) is 2.73. The number of carboxylic acids is 1. The molecule has 0 radical (unpaired) electrons. The van der Waals surface area contributed by atoms with Gasteiger partial charge in [0.2, 0.25) is 0 Å². The Morgan fingerprint density at radius 2 is 2.08 bits per heavy atom. The summed E-state index contributed by atoms with van der Waals surface area (Å²) in [5, 5.41) is 35.2. The Bertz CT molecular complexity index is 158. The van der Waals surface area contributed by atoms with E-state index in [1.54, 1.807) is 0 Å². The maximum absolute atomic E-state index is 10.5. The van der Waals surface area contributed by atoms with E-state index in [0.29, 0.717) is 0 Å². The van der Waals surface area contributed by atoms with Crippen LogP contribution in [0.25, 0.3) is 0 Å². The summed E-state index contributed by atoms with van der Waals surface area (Å²) in [5.74, 6) is -1.38. The van der Waals surface area contributed by atoms with E-state index >= 15 is 0 Å². The van der Waals surface area contributed by atoms with Crippen molar-refractivity contribution in [2.24, 2.45) is 0 Å². The molecule has 0 bridgehead atoms. The number of aliphatic hydroxyl groups is 3. The molecule has 5 nitrogen and oxygen atoms in total. The maximum atomic E-state index is 10.5. The molecule has 12 heavy (non-hydrogen) atoms. The van der Waals surface area contributed by atoms with E-state index in [1.807, 2.05) is 0 Å². The zero-order valence-electron chi connectivity index (χ0n) is 6.90. The molecule has 72 valence electrons. The van der Waals surface area contributed by atoms with Crippen LogP contribution in [0.3, 0.4) is 0 Å². The molecule has 4 N–H and O–H groups in total. The summed E-state index contributed by atoms with van der Waals surface area (Å²) in [5.41, 5.74) is -1.93. The van der Waals surface area contributed by atoms with E-state index in [-0.39, 0.29) is 12.8 Å². The Morgan fingerprint density at radius 3 is 2.33 bits per heavy atom. The van der Waals surface area contributed by atoms with Crippen LogP contribution < -0.4 is 0 Å². The van der Waals surface area contributed by atoms with Crippen molar-refractivity contribution in [2.45, 2.75) is 31.5 Å². The minimum atomic E-state index is -1.93. The van der Waals surface area contributed by atoms with Crippen LogP contribution in [-0.2, 0) is 4.79 Å². The van der Waals surface area contributed by atoms with E-state index < -0.39 is 24.3 Å². The Morgan fingerprint density at radius 1 is 1.58 bits per heavy atom. The van der Waals surface area contributed by atoms with E-state index in [4.69, 9.17) is 15.3 Å². The SMILES string of the molecule is CCC(O)(CC(O)CO)C(=O)O. The van der Waals surface area contributed by atoms with E-state index in [0.717, 1.165) is 0 Å². The third kappa shape index (κ3) is 2.77. The molecule has 0 spiro atoms. The predicted octanol–water partition coefficient (Wildman–Crippen LogP) is -1.04. The number of carboxylic acid groups (broad SMARTS) is 1. The lowest BCUT2D eigenvalue weighted by Gasteiger charge is -2.23. The molecule has 2 atom stereocenters. The van der Waals surface area contributed by atoms with Crippen molar-refractivity contribution in [3.8, 4) is 0 Å². The Balaban J connectivity index is 4.23. The van der Waals surface area contributed by atoms with Crippen molar-refractivity contribution in [2.75, 3.05) is 6.61 Å². The van der Waals surface area contributed by atoms with Gasteiger partial charge in [0.05, 0.1) is 12.7 Å². The topological polar surface area (TPSA) is 98.0 Å². The molecule has 0 heterocycles. The standard InChI is InChI=1S/C7H14O5/c1-2-7(12,6(10)11)3-5(9)4-8/h5,8-9,12H,2-4H2,1H3,(H,10,11). The van der Waals surface area contributed by atoms with Crippen molar-refractivity contribution in [3.05, 3.63) is 0 Å². The molecule has 0 aromatic carbocycles. The summed E-state index contributed by atoms with van der Waals surface area (Å²) in [6.45, 7) is 0.952. The lowest BCUT2D eigenvalue weighted by Crippen LogP contribution is -2.41. The van der Waals surface area contributed by atoms with Crippen LogP contribution in [0, 0.1) is 0 Å². The Labute approximate surface area is 70.3 Å². The van der Waals surface area contributed by atoms with E-state index in [2.05, 4.69) is 0 Å². The molecule has 0 aliphatic carbocycles. The van der Waals surface area contributed by atoms with E-state index in [9.17, 15) is 9.90 Å². The van der Waals surface area contributed by atoms with Crippen molar-refractivity contribution < 1.29 is 25.2 Å². The third-order valence-corrected chi connectivity index (χ3v) is 1.77. The van der Waals surface area contributed by atoms with Crippen LogP contribution in [0.1, 0.15) is 19.8 Å². The molecule has 0 aliphatic heterocycles. The lowest BCUT2D eigenvalue weighted by atomic mass is 9.94. The largest absolute Gasteiger partial charge is 0.479 e. The summed E-state index contributed by atoms with van der Waals surface area (Å²) < 4.78 is 0. The van der Waals surface area contributed by atoms with Crippen molar-refractivity contribution in [1.82, 2.24) is 0 Å². The van der Waals surface area contributed by atoms with Crippen LogP contribution in [-0.4, -0.2) is 44.7 Å². The van der Waals surface area contributed by atoms with Gasteiger partial charge in [0.1, 0.15) is 0 Å². The summed E-state index contributed by atoms with van der Waals surface area (Å²) in [4.78, 5) is 10.5. The number of hydrogen-bond acceptors (Lipinski definition) is 4. The van der Waals surface area contributed by atoms with Gasteiger partial charge in [-0.25, -0.2) is 4.79 Å². The molecule has 0 saturated heterocycles. The normalized spacial score (nSPS) is 18.3. The zero-order valence-corrected chi connectivity index (χ0v) is 6.90. The molecule has 0 fully saturated rings. The number of aliphatic hydroxyl groups excluding tert-OH is 2. The van der Waals surface area contributed by atoms with Crippen LogP contribution >= 0.6 is 0 Å². The second kappa shape index (κ2) is 4.39. The first-order valence-electron chi connectivity index (χ1n) is 3.71. The first-order valence-corrected chi connectivity index (χ1v) is 3.71. The first kappa shape index (κ1) is 11.4. The smallest absolute Gasteiger partial charge is 0.335 e. The van der Waals surface area contributed by atoms with Crippen molar-refractivity contribution in [1.29, 1.82) is 0 Å². The average molecular weight is 178 g/mol. The van der Waals surface area contributed by atoms with Gasteiger partial charge in [0.25, 0.3) is 0 Å². The second-order valence-corrected chi connectivity index (χ2v) is 2.73. The fourth-order valence-corrected chi connectivity index (χ4v) is 0.837. The molecule has 0 aromatic heterocycles. The number of hydrogen-bond donors (Lipinski definition) is 4. The molecular formula is C7H14O5. The van der Waals surface area contributed by atoms with Gasteiger partial charge in [0, 0.05) is 6.42 Å². The van der Waals surface area contributed by atoms with Crippen molar-refractivity contribution >= 4 is 5.97 Å². The van der Waals surface area contributed by atoms with Gasteiger partial charge < -0.3 is 20.4 Å². The predicted molar refractivity (Wildman–Crippen MR) is 40.6 cm³/mol. The molecule has 5 heteroatoms. The summed E-state index contributed by atoms with van der Waals surface area (Å²) in [6.07, 6.45) is -1.54. The quantitative estimate of drug-likeness (QED) is 0.431. The molecule has 0 saturated carbocycles. The van der Waals surface area contributed by atoms with Gasteiger partial charge in [-0.05, 0) is 6.42 Å². The fourth-order valence-electron chi connectivity index (χ4n) is 0.837. The number of rotatable bonds is 5. The Hall–Kier alpha value is -0.650. The summed E-state index contributed by atoms with van der Waals surface area (Å²) in [7, 11) is 0.